The maximum absolute atomic E-state index is 11.8. The van der Waals surface area contributed by atoms with Gasteiger partial charge in [-0.3, -0.25) is 9.59 Å². The zero-order valence-corrected chi connectivity index (χ0v) is 12.6. The highest BCUT2D eigenvalue weighted by atomic mass is 16.2. The molecule has 0 bridgehead atoms. The molecule has 1 aromatic carbocycles. The fraction of sp³-hybridized carbons (Fsp3) is 0.312. The number of hydrogen-bond donors (Lipinski definition) is 2. The summed E-state index contributed by atoms with van der Waals surface area (Å²) in [7, 11) is 0. The van der Waals surface area contributed by atoms with E-state index in [0.717, 1.165) is 17.7 Å². The predicted octanol–water partition coefficient (Wildman–Crippen LogP) is 1.06. The number of carbonyl (C=O) groups is 2. The molecule has 2 aromatic rings. The Labute approximate surface area is 129 Å². The molecule has 6 heteroatoms. The molecule has 2 rings (SSSR count). The van der Waals surface area contributed by atoms with Crippen molar-refractivity contribution in [3.63, 3.8) is 0 Å². The van der Waals surface area contributed by atoms with Crippen LogP contribution in [0.5, 0.6) is 0 Å². The van der Waals surface area contributed by atoms with E-state index in [9.17, 15) is 9.59 Å². The second-order valence-electron chi connectivity index (χ2n) is 4.93. The molecule has 2 amide bonds. The Morgan fingerprint density at radius 2 is 1.91 bits per heavy atom. The Morgan fingerprint density at radius 3 is 2.64 bits per heavy atom. The molecule has 1 aromatic heterocycles. The SMILES string of the molecule is CCCNC(=O)CNC(=O)Cc1cnn(-c2ccccc2)c1. The Bertz CT molecular complexity index is 622. The van der Waals surface area contributed by atoms with Gasteiger partial charge in [0.05, 0.1) is 24.8 Å². The van der Waals surface area contributed by atoms with E-state index in [2.05, 4.69) is 15.7 Å². The molecule has 116 valence electrons. The highest BCUT2D eigenvalue weighted by Gasteiger charge is 2.08. The maximum Gasteiger partial charge on any atom is 0.239 e. The Kier molecular flexibility index (Phi) is 5.71. The summed E-state index contributed by atoms with van der Waals surface area (Å²) in [6, 6.07) is 9.67. The topological polar surface area (TPSA) is 76.0 Å². The molecule has 0 atom stereocenters. The van der Waals surface area contributed by atoms with Gasteiger partial charge < -0.3 is 10.6 Å². The molecular weight excluding hydrogens is 280 g/mol. The van der Waals surface area contributed by atoms with Gasteiger partial charge in [-0.15, -0.1) is 0 Å². The first-order valence-electron chi connectivity index (χ1n) is 7.31. The van der Waals surface area contributed by atoms with E-state index in [-0.39, 0.29) is 24.8 Å². The van der Waals surface area contributed by atoms with Crippen LogP contribution in [0.4, 0.5) is 0 Å². The standard InChI is InChI=1S/C16H20N4O2/c1-2-8-17-16(22)11-18-15(21)9-13-10-19-20(12-13)14-6-4-3-5-7-14/h3-7,10,12H,2,8-9,11H2,1H3,(H,17,22)(H,18,21). The van der Waals surface area contributed by atoms with Crippen LogP contribution in [-0.4, -0.2) is 34.7 Å². The summed E-state index contributed by atoms with van der Waals surface area (Å²) in [6.07, 6.45) is 4.54. The summed E-state index contributed by atoms with van der Waals surface area (Å²) in [5, 5.41) is 9.54. The summed E-state index contributed by atoms with van der Waals surface area (Å²) in [6.45, 7) is 2.60. The van der Waals surface area contributed by atoms with Gasteiger partial charge >= 0.3 is 0 Å². The van der Waals surface area contributed by atoms with Crippen LogP contribution in [0.2, 0.25) is 0 Å². The smallest absolute Gasteiger partial charge is 0.239 e. The van der Waals surface area contributed by atoms with Gasteiger partial charge in [0.15, 0.2) is 0 Å². The summed E-state index contributed by atoms with van der Waals surface area (Å²) in [5.74, 6) is -0.366. The molecular formula is C16H20N4O2. The molecule has 0 aliphatic heterocycles. The molecule has 22 heavy (non-hydrogen) atoms. The van der Waals surface area contributed by atoms with Crippen molar-refractivity contribution in [2.75, 3.05) is 13.1 Å². The molecule has 0 saturated heterocycles. The van der Waals surface area contributed by atoms with Crippen LogP contribution in [0, 0.1) is 0 Å². The zero-order valence-electron chi connectivity index (χ0n) is 12.6. The molecule has 1 heterocycles. The number of carbonyl (C=O) groups excluding carboxylic acids is 2. The second kappa shape index (κ2) is 7.97. The molecule has 0 unspecified atom stereocenters. The normalized spacial score (nSPS) is 10.2. The van der Waals surface area contributed by atoms with Gasteiger partial charge in [-0.05, 0) is 24.1 Å². The Balaban J connectivity index is 1.83. The highest BCUT2D eigenvalue weighted by Crippen LogP contribution is 2.07. The fourth-order valence-electron chi connectivity index (χ4n) is 1.93. The second-order valence-corrected chi connectivity index (χ2v) is 4.93. The molecule has 0 aliphatic rings. The zero-order chi connectivity index (χ0) is 15.8. The fourth-order valence-corrected chi connectivity index (χ4v) is 1.93. The first-order valence-corrected chi connectivity index (χ1v) is 7.31. The number of hydrogen-bond acceptors (Lipinski definition) is 3. The van der Waals surface area contributed by atoms with Crippen LogP contribution in [0.1, 0.15) is 18.9 Å². The number of nitrogens with one attached hydrogen (secondary N) is 2. The van der Waals surface area contributed by atoms with Crippen molar-refractivity contribution in [3.05, 3.63) is 48.3 Å². The van der Waals surface area contributed by atoms with Gasteiger partial charge in [-0.25, -0.2) is 4.68 Å². The highest BCUT2D eigenvalue weighted by molar-refractivity contribution is 5.85. The van der Waals surface area contributed by atoms with E-state index < -0.39 is 0 Å². The van der Waals surface area contributed by atoms with Gasteiger partial charge in [0.2, 0.25) is 11.8 Å². The van der Waals surface area contributed by atoms with E-state index in [1.54, 1.807) is 10.9 Å². The van der Waals surface area contributed by atoms with Crippen molar-refractivity contribution in [2.24, 2.45) is 0 Å². The quantitative estimate of drug-likeness (QED) is 0.802. The van der Waals surface area contributed by atoms with Crippen LogP contribution < -0.4 is 10.6 Å². The Hall–Kier alpha value is -2.63. The van der Waals surface area contributed by atoms with Crippen molar-refractivity contribution in [1.29, 1.82) is 0 Å². The number of nitrogens with zero attached hydrogens (tertiary/aromatic N) is 2. The molecule has 0 spiro atoms. The van der Waals surface area contributed by atoms with Gasteiger partial charge in [-0.1, -0.05) is 25.1 Å². The average Bonchev–Trinajstić information content (AvgIpc) is 3.00. The third kappa shape index (κ3) is 4.73. The number of benzene rings is 1. The van der Waals surface area contributed by atoms with E-state index in [4.69, 9.17) is 0 Å². The molecule has 0 aliphatic carbocycles. The summed E-state index contributed by atoms with van der Waals surface area (Å²) >= 11 is 0. The summed E-state index contributed by atoms with van der Waals surface area (Å²) < 4.78 is 1.72. The van der Waals surface area contributed by atoms with Gasteiger partial charge in [-0.2, -0.15) is 5.10 Å². The van der Waals surface area contributed by atoms with Gasteiger partial charge in [0, 0.05) is 12.7 Å². The van der Waals surface area contributed by atoms with Crippen molar-refractivity contribution in [1.82, 2.24) is 20.4 Å². The monoisotopic (exact) mass is 300 g/mol. The number of amides is 2. The number of aromatic nitrogens is 2. The number of rotatable bonds is 7. The first-order chi connectivity index (χ1) is 10.7. The minimum absolute atomic E-state index is 0.00561. The maximum atomic E-state index is 11.8. The van der Waals surface area contributed by atoms with Crippen LogP contribution in [-0.2, 0) is 16.0 Å². The predicted molar refractivity (Wildman–Crippen MR) is 83.6 cm³/mol. The van der Waals surface area contributed by atoms with Crippen molar-refractivity contribution in [3.8, 4) is 5.69 Å². The average molecular weight is 300 g/mol. The minimum Gasteiger partial charge on any atom is -0.355 e. The van der Waals surface area contributed by atoms with E-state index in [1.807, 2.05) is 43.5 Å². The van der Waals surface area contributed by atoms with Crippen molar-refractivity contribution < 1.29 is 9.59 Å². The van der Waals surface area contributed by atoms with Gasteiger partial charge in [0.1, 0.15) is 0 Å². The van der Waals surface area contributed by atoms with E-state index in [0.29, 0.717) is 6.54 Å². The van der Waals surface area contributed by atoms with E-state index in [1.165, 1.54) is 0 Å². The van der Waals surface area contributed by atoms with Crippen LogP contribution in [0.15, 0.2) is 42.7 Å². The molecule has 0 radical (unpaired) electrons. The largest absolute Gasteiger partial charge is 0.355 e. The third-order valence-corrected chi connectivity index (χ3v) is 3.04. The molecule has 6 nitrogen and oxygen atoms in total. The molecule has 0 fully saturated rings. The third-order valence-electron chi connectivity index (χ3n) is 3.04. The Morgan fingerprint density at radius 1 is 1.14 bits per heavy atom. The van der Waals surface area contributed by atoms with Crippen LogP contribution >= 0.6 is 0 Å². The lowest BCUT2D eigenvalue weighted by atomic mass is 10.2. The van der Waals surface area contributed by atoms with Crippen molar-refractivity contribution in [2.45, 2.75) is 19.8 Å². The summed E-state index contributed by atoms with van der Waals surface area (Å²) in [5.41, 5.74) is 1.74. The molecule has 0 saturated carbocycles. The van der Waals surface area contributed by atoms with Crippen LogP contribution in [0.3, 0.4) is 0 Å². The minimum atomic E-state index is -0.195. The lowest BCUT2D eigenvalue weighted by Crippen LogP contribution is -2.37. The molecule has 2 N–H and O–H groups in total. The lowest BCUT2D eigenvalue weighted by molar-refractivity contribution is -0.125. The van der Waals surface area contributed by atoms with E-state index >= 15 is 0 Å². The number of para-hydroxylation sites is 1. The first kappa shape index (κ1) is 15.8. The lowest BCUT2D eigenvalue weighted by Gasteiger charge is -2.05. The van der Waals surface area contributed by atoms with Gasteiger partial charge in [0.25, 0.3) is 0 Å². The van der Waals surface area contributed by atoms with Crippen LogP contribution in [0.25, 0.3) is 5.69 Å². The van der Waals surface area contributed by atoms with Crippen molar-refractivity contribution >= 4 is 11.8 Å². The summed E-state index contributed by atoms with van der Waals surface area (Å²) in [4.78, 5) is 23.2.